The van der Waals surface area contributed by atoms with Crippen LogP contribution >= 0.6 is 0 Å². The lowest BCUT2D eigenvalue weighted by molar-refractivity contribution is 0.0663. The van der Waals surface area contributed by atoms with E-state index in [1.165, 1.54) is 0 Å². The Bertz CT molecular complexity index is 3160. The summed E-state index contributed by atoms with van der Waals surface area (Å²) in [5, 5.41) is 5.61. The number of carbonyl (C=O) groups is 3. The van der Waals surface area contributed by atoms with E-state index in [1.54, 1.807) is 0 Å². The Morgan fingerprint density at radius 2 is 0.558 bits per heavy atom. The molecule has 11 nitrogen and oxygen atoms in total. The van der Waals surface area contributed by atoms with Crippen molar-refractivity contribution in [2.75, 3.05) is 78.7 Å². The van der Waals surface area contributed by atoms with E-state index in [4.69, 9.17) is 14.2 Å². The second-order valence-corrected chi connectivity index (χ2v) is 19.8. The number of benzene rings is 9. The fourth-order valence-corrected chi connectivity index (χ4v) is 10.8. The van der Waals surface area contributed by atoms with Crippen LogP contribution in [0.1, 0.15) is 47.8 Å². The van der Waals surface area contributed by atoms with Crippen molar-refractivity contribution in [1.29, 1.82) is 0 Å². The molecule has 0 N–H and O–H groups in total. The molecule has 12 rings (SSSR count). The van der Waals surface area contributed by atoms with Gasteiger partial charge in [-0.05, 0) is 68.7 Å². The fourth-order valence-electron chi connectivity index (χ4n) is 10.8. The van der Waals surface area contributed by atoms with E-state index in [0.717, 1.165) is 49.0 Å². The van der Waals surface area contributed by atoms with Crippen molar-refractivity contribution in [3.63, 3.8) is 0 Å². The van der Waals surface area contributed by atoms with Crippen LogP contribution < -0.4 is 14.2 Å². The molecule has 77 heavy (non-hydrogen) atoms. The van der Waals surface area contributed by atoms with E-state index in [0.29, 0.717) is 132 Å². The fraction of sp³-hybridized carbons (Fsp3) is 0.227. The first-order chi connectivity index (χ1) is 37.9. The van der Waals surface area contributed by atoms with Crippen LogP contribution in [0.15, 0.2) is 200 Å². The quantitative estimate of drug-likeness (QED) is 0.173. The van der Waals surface area contributed by atoms with Crippen LogP contribution in [0.2, 0.25) is 0 Å². The number of fused-ring (bicyclic) bond motifs is 18. The lowest BCUT2D eigenvalue weighted by Crippen LogP contribution is -2.45. The number of nitrogens with zero attached hydrogens (tertiary/aromatic N) is 5. The molecule has 0 radical (unpaired) electrons. The van der Waals surface area contributed by atoms with Gasteiger partial charge in [0, 0.05) is 112 Å². The standard InChI is InChI=1S/C66H63N5O6/c72-64(58-28-13-22-49-16-1-7-25-55(49)58)69-37-34-67-35-38-70(65(73)59-29-14-23-50-17-2-8-26-56(50)59)47-53-20-5-11-32-62(53)76-44-41-68(40-43-75-61-31-10-4-19-52(61)46-69)42-45-77-63-33-12-6-21-54(63)48-71(39-36-67)66(74)60-30-15-24-51-18-3-9-27-57(51)60/h1-33H,34-48H2. The van der Waals surface area contributed by atoms with E-state index in [-0.39, 0.29) is 17.7 Å². The highest BCUT2D eigenvalue weighted by Gasteiger charge is 2.27. The highest BCUT2D eigenvalue weighted by atomic mass is 16.5. The SMILES string of the molecule is O=C(c1cccc2ccccc12)N1CCN2CCN(C(=O)c3cccc4ccccc34)Cc3ccccc3OCCN(CCOc3ccccc3C1)CCOc1ccccc1CN(C(=O)c1cccc3ccccc13)CC2. The summed E-state index contributed by atoms with van der Waals surface area (Å²) in [4.78, 5) is 56.3. The normalized spacial score (nSPS) is 17.2. The van der Waals surface area contributed by atoms with Crippen molar-refractivity contribution in [1.82, 2.24) is 24.5 Å². The molecule has 3 aliphatic heterocycles. The van der Waals surface area contributed by atoms with Gasteiger partial charge in [0.15, 0.2) is 0 Å². The van der Waals surface area contributed by atoms with Gasteiger partial charge in [0.2, 0.25) is 0 Å². The van der Waals surface area contributed by atoms with Crippen molar-refractivity contribution >= 4 is 50.0 Å². The number of carbonyl (C=O) groups excluding carboxylic acids is 3. The topological polar surface area (TPSA) is 95.1 Å². The van der Waals surface area contributed by atoms with Crippen molar-refractivity contribution in [2.45, 2.75) is 19.6 Å². The molecule has 0 saturated carbocycles. The van der Waals surface area contributed by atoms with Crippen LogP contribution in [-0.4, -0.2) is 121 Å². The van der Waals surface area contributed by atoms with E-state index in [2.05, 4.69) is 9.80 Å². The Labute approximate surface area is 450 Å². The first-order valence-corrected chi connectivity index (χ1v) is 26.8. The van der Waals surface area contributed by atoms with Gasteiger partial charge in [-0.1, -0.05) is 164 Å². The van der Waals surface area contributed by atoms with E-state index in [1.807, 2.05) is 215 Å². The molecule has 0 saturated heterocycles. The van der Waals surface area contributed by atoms with Crippen molar-refractivity contribution in [3.05, 3.63) is 234 Å². The molecular weight excluding hydrogens is 959 g/mol. The minimum absolute atomic E-state index is 0.0965. The van der Waals surface area contributed by atoms with Gasteiger partial charge in [-0.3, -0.25) is 24.2 Å². The largest absolute Gasteiger partial charge is 0.492 e. The molecule has 0 aromatic heterocycles. The Hall–Kier alpha value is -8.51. The van der Waals surface area contributed by atoms with Gasteiger partial charge in [-0.2, -0.15) is 0 Å². The van der Waals surface area contributed by atoms with Gasteiger partial charge in [-0.25, -0.2) is 0 Å². The summed E-state index contributed by atoms with van der Waals surface area (Å²) in [6.45, 7) is 6.04. The first kappa shape index (κ1) is 50.6. The van der Waals surface area contributed by atoms with Crippen LogP contribution in [0.3, 0.4) is 0 Å². The molecule has 0 aliphatic carbocycles. The number of rotatable bonds is 3. The van der Waals surface area contributed by atoms with Crippen LogP contribution in [0.4, 0.5) is 0 Å². The summed E-state index contributed by atoms with van der Waals surface area (Å²) in [7, 11) is 0. The molecule has 3 amide bonds. The molecule has 0 spiro atoms. The minimum Gasteiger partial charge on any atom is -0.492 e. The second kappa shape index (κ2) is 24.0. The third kappa shape index (κ3) is 11.8. The molecule has 0 fully saturated rings. The minimum atomic E-state index is -0.0965. The number of hydrogen-bond donors (Lipinski definition) is 0. The van der Waals surface area contributed by atoms with Crippen LogP contribution in [0.25, 0.3) is 32.3 Å². The molecular formula is C66H63N5O6. The van der Waals surface area contributed by atoms with Gasteiger partial charge in [0.05, 0.1) is 0 Å². The summed E-state index contributed by atoms with van der Waals surface area (Å²) in [6.07, 6.45) is 0. The highest BCUT2D eigenvalue weighted by molar-refractivity contribution is 6.08. The maximum Gasteiger partial charge on any atom is 0.254 e. The van der Waals surface area contributed by atoms with E-state index < -0.39 is 0 Å². The molecule has 9 aromatic carbocycles. The summed E-state index contributed by atoms with van der Waals surface area (Å²) in [6, 6.07) is 65.7. The Balaban J connectivity index is 1.03. The average Bonchev–Trinajstić information content (AvgIpc) is 3.48. The van der Waals surface area contributed by atoms with Crippen LogP contribution in [-0.2, 0) is 19.6 Å². The molecule has 2 bridgehead atoms. The zero-order valence-corrected chi connectivity index (χ0v) is 43.3. The zero-order valence-electron chi connectivity index (χ0n) is 43.3. The monoisotopic (exact) mass is 1020 g/mol. The van der Waals surface area contributed by atoms with Gasteiger partial charge in [0.25, 0.3) is 17.7 Å². The molecule has 0 unspecified atom stereocenters. The first-order valence-electron chi connectivity index (χ1n) is 26.8. The lowest BCUT2D eigenvalue weighted by atomic mass is 10.0. The Morgan fingerprint density at radius 1 is 0.286 bits per heavy atom. The van der Waals surface area contributed by atoms with Gasteiger partial charge < -0.3 is 28.9 Å². The summed E-state index contributed by atoms with van der Waals surface area (Å²) in [5.41, 5.74) is 4.53. The van der Waals surface area contributed by atoms with Crippen LogP contribution in [0.5, 0.6) is 17.2 Å². The third-order valence-electron chi connectivity index (χ3n) is 15.0. The lowest BCUT2D eigenvalue weighted by Gasteiger charge is -2.33. The third-order valence-corrected chi connectivity index (χ3v) is 15.0. The number of hydrogen-bond acceptors (Lipinski definition) is 8. The maximum absolute atomic E-state index is 15.3. The predicted molar refractivity (Wildman–Crippen MR) is 305 cm³/mol. The summed E-state index contributed by atoms with van der Waals surface area (Å²) in [5.74, 6) is 1.85. The molecule has 0 atom stereocenters. The molecule has 11 heteroatoms. The van der Waals surface area contributed by atoms with Crippen molar-refractivity contribution in [3.8, 4) is 17.2 Å². The van der Waals surface area contributed by atoms with Crippen molar-refractivity contribution < 1.29 is 28.6 Å². The van der Waals surface area contributed by atoms with E-state index >= 15 is 14.4 Å². The number of amides is 3. The second-order valence-electron chi connectivity index (χ2n) is 19.8. The summed E-state index contributed by atoms with van der Waals surface area (Å²) >= 11 is 0. The molecule has 3 heterocycles. The van der Waals surface area contributed by atoms with Crippen LogP contribution in [0, 0.1) is 0 Å². The predicted octanol–water partition coefficient (Wildman–Crippen LogP) is 11.2. The van der Waals surface area contributed by atoms with Gasteiger partial charge >= 0.3 is 0 Å². The Kier molecular flexibility index (Phi) is 15.8. The molecule has 9 aromatic rings. The van der Waals surface area contributed by atoms with Gasteiger partial charge in [0.1, 0.15) is 37.1 Å². The smallest absolute Gasteiger partial charge is 0.254 e. The molecule has 388 valence electrons. The molecule has 3 aliphatic rings. The highest BCUT2D eigenvalue weighted by Crippen LogP contribution is 2.29. The number of ether oxygens (including phenoxy) is 3. The van der Waals surface area contributed by atoms with Gasteiger partial charge in [-0.15, -0.1) is 0 Å². The maximum atomic E-state index is 15.3. The average molecular weight is 1020 g/mol. The summed E-state index contributed by atoms with van der Waals surface area (Å²) < 4.78 is 20.0. The Morgan fingerprint density at radius 3 is 0.896 bits per heavy atom. The van der Waals surface area contributed by atoms with E-state index in [9.17, 15) is 0 Å². The zero-order chi connectivity index (χ0) is 52.3. The van der Waals surface area contributed by atoms with Crippen molar-refractivity contribution in [2.24, 2.45) is 0 Å². The number of para-hydroxylation sites is 3.